The number of sulfonamides is 1. The Bertz CT molecular complexity index is 585. The molecule has 112 valence electrons. The van der Waals surface area contributed by atoms with Crippen molar-refractivity contribution >= 4 is 27.6 Å². The highest BCUT2D eigenvalue weighted by molar-refractivity contribution is 7.89. The van der Waals surface area contributed by atoms with Crippen molar-refractivity contribution in [2.45, 2.75) is 18.9 Å². The van der Waals surface area contributed by atoms with Gasteiger partial charge in [0.05, 0.1) is 5.75 Å². The van der Waals surface area contributed by atoms with Gasteiger partial charge in [0.15, 0.2) is 5.60 Å². The largest absolute Gasteiger partial charge is 0.479 e. The molecule has 0 aliphatic rings. The van der Waals surface area contributed by atoms with Crippen LogP contribution in [0.5, 0.6) is 0 Å². The van der Waals surface area contributed by atoms with Gasteiger partial charge in [0.25, 0.3) is 0 Å². The Morgan fingerprint density at radius 1 is 1.45 bits per heavy atom. The number of aliphatic carboxylic acids is 1. The molecule has 1 atom stereocenters. The zero-order valence-electron chi connectivity index (χ0n) is 10.8. The zero-order chi connectivity index (χ0) is 15.4. The molecule has 0 fully saturated rings. The van der Waals surface area contributed by atoms with Gasteiger partial charge in [-0.05, 0) is 31.0 Å². The fourth-order valence-corrected chi connectivity index (χ4v) is 2.71. The molecule has 0 saturated heterocycles. The summed E-state index contributed by atoms with van der Waals surface area (Å²) in [6.07, 6.45) is 0.241. The van der Waals surface area contributed by atoms with Crippen LogP contribution in [0.1, 0.15) is 12.5 Å². The number of carboxylic acids is 1. The zero-order valence-corrected chi connectivity index (χ0v) is 12.4. The molecule has 0 spiro atoms. The highest BCUT2D eigenvalue weighted by Gasteiger charge is 2.31. The third-order valence-electron chi connectivity index (χ3n) is 2.65. The molecule has 20 heavy (non-hydrogen) atoms. The van der Waals surface area contributed by atoms with Gasteiger partial charge in [-0.15, -0.1) is 0 Å². The van der Waals surface area contributed by atoms with Gasteiger partial charge in [-0.1, -0.05) is 23.7 Å². The van der Waals surface area contributed by atoms with E-state index in [-0.39, 0.29) is 12.2 Å². The van der Waals surface area contributed by atoms with Gasteiger partial charge in [0, 0.05) is 11.6 Å². The monoisotopic (exact) mass is 321 g/mol. The minimum absolute atomic E-state index is 0.219. The number of aryl methyl sites for hydroxylation is 1. The van der Waals surface area contributed by atoms with Crippen molar-refractivity contribution in [2.24, 2.45) is 0 Å². The van der Waals surface area contributed by atoms with E-state index in [0.29, 0.717) is 5.02 Å². The quantitative estimate of drug-likeness (QED) is 0.683. The Kier molecular flexibility index (Phi) is 5.52. The SMILES string of the molecule is CC(O)(CNS(=O)(=O)CCc1cccc(Cl)c1)C(=O)O. The van der Waals surface area contributed by atoms with E-state index in [1.54, 1.807) is 24.3 Å². The summed E-state index contributed by atoms with van der Waals surface area (Å²) in [4.78, 5) is 10.7. The van der Waals surface area contributed by atoms with E-state index in [1.165, 1.54) is 0 Å². The topological polar surface area (TPSA) is 104 Å². The molecule has 0 bridgehead atoms. The van der Waals surface area contributed by atoms with Gasteiger partial charge in [-0.3, -0.25) is 0 Å². The molecule has 0 saturated carbocycles. The van der Waals surface area contributed by atoms with E-state index in [1.807, 2.05) is 0 Å². The van der Waals surface area contributed by atoms with Crippen LogP contribution in [0.15, 0.2) is 24.3 Å². The van der Waals surface area contributed by atoms with E-state index >= 15 is 0 Å². The second-order valence-corrected chi connectivity index (χ2v) is 6.96. The van der Waals surface area contributed by atoms with Crippen molar-refractivity contribution in [1.29, 1.82) is 0 Å². The average molecular weight is 322 g/mol. The van der Waals surface area contributed by atoms with Crippen LogP contribution in [-0.4, -0.2) is 42.5 Å². The second-order valence-electron chi connectivity index (χ2n) is 4.60. The van der Waals surface area contributed by atoms with Crippen LogP contribution < -0.4 is 4.72 Å². The summed E-state index contributed by atoms with van der Waals surface area (Å²) >= 11 is 5.79. The summed E-state index contributed by atoms with van der Waals surface area (Å²) in [5.74, 6) is -1.71. The lowest BCUT2D eigenvalue weighted by Crippen LogP contribution is -2.47. The van der Waals surface area contributed by atoms with E-state index in [0.717, 1.165) is 12.5 Å². The lowest BCUT2D eigenvalue weighted by atomic mass is 10.1. The Balaban J connectivity index is 2.56. The van der Waals surface area contributed by atoms with Crippen LogP contribution in [0.4, 0.5) is 0 Å². The number of nitrogens with one attached hydrogen (secondary N) is 1. The minimum atomic E-state index is -3.68. The Hall–Kier alpha value is -1.15. The number of rotatable bonds is 7. The van der Waals surface area contributed by atoms with E-state index in [2.05, 4.69) is 4.72 Å². The minimum Gasteiger partial charge on any atom is -0.479 e. The van der Waals surface area contributed by atoms with Crippen molar-refractivity contribution in [3.63, 3.8) is 0 Å². The second kappa shape index (κ2) is 6.53. The van der Waals surface area contributed by atoms with E-state index < -0.39 is 28.1 Å². The molecule has 1 unspecified atom stereocenters. The Morgan fingerprint density at radius 2 is 2.10 bits per heavy atom. The molecule has 1 aromatic rings. The van der Waals surface area contributed by atoms with Crippen molar-refractivity contribution in [1.82, 2.24) is 4.72 Å². The first-order chi connectivity index (χ1) is 9.12. The molecule has 0 aliphatic carbocycles. The molecule has 0 heterocycles. The summed E-state index contributed by atoms with van der Waals surface area (Å²) in [6, 6.07) is 6.80. The Morgan fingerprint density at radius 3 is 2.65 bits per heavy atom. The van der Waals surface area contributed by atoms with Crippen LogP contribution in [0.2, 0.25) is 5.02 Å². The first-order valence-electron chi connectivity index (χ1n) is 5.80. The van der Waals surface area contributed by atoms with Crippen LogP contribution in [0.3, 0.4) is 0 Å². The molecule has 3 N–H and O–H groups in total. The van der Waals surface area contributed by atoms with E-state index in [9.17, 15) is 18.3 Å². The molecule has 0 amide bonds. The first-order valence-corrected chi connectivity index (χ1v) is 7.83. The van der Waals surface area contributed by atoms with Crippen molar-refractivity contribution in [3.05, 3.63) is 34.9 Å². The predicted molar refractivity (Wildman–Crippen MR) is 75.2 cm³/mol. The van der Waals surface area contributed by atoms with Crippen LogP contribution in [0, 0.1) is 0 Å². The number of hydrogen-bond acceptors (Lipinski definition) is 4. The number of aliphatic hydroxyl groups is 1. The molecule has 6 nitrogen and oxygen atoms in total. The first kappa shape index (κ1) is 16.9. The van der Waals surface area contributed by atoms with Gasteiger partial charge in [-0.25, -0.2) is 17.9 Å². The van der Waals surface area contributed by atoms with Gasteiger partial charge in [0.1, 0.15) is 0 Å². The maximum absolute atomic E-state index is 11.7. The average Bonchev–Trinajstić information content (AvgIpc) is 2.35. The third kappa shape index (κ3) is 5.46. The lowest BCUT2D eigenvalue weighted by Gasteiger charge is -2.18. The van der Waals surface area contributed by atoms with Gasteiger partial charge >= 0.3 is 5.97 Å². The molecule has 1 aromatic carbocycles. The smallest absolute Gasteiger partial charge is 0.336 e. The van der Waals surface area contributed by atoms with E-state index in [4.69, 9.17) is 16.7 Å². The van der Waals surface area contributed by atoms with Crippen LogP contribution in [0.25, 0.3) is 0 Å². The maximum Gasteiger partial charge on any atom is 0.336 e. The summed E-state index contributed by atoms with van der Waals surface area (Å²) in [6.45, 7) is 0.440. The molecule has 0 aliphatic heterocycles. The van der Waals surface area contributed by atoms with Crippen molar-refractivity contribution in [2.75, 3.05) is 12.3 Å². The standard InChI is InChI=1S/C12H16ClNO5S/c1-12(17,11(15)16)8-14-20(18,19)6-5-9-3-2-4-10(13)7-9/h2-4,7,14,17H,5-6,8H2,1H3,(H,15,16). The third-order valence-corrected chi connectivity index (χ3v) is 4.21. The summed E-state index contributed by atoms with van der Waals surface area (Å²) < 4.78 is 25.5. The summed E-state index contributed by atoms with van der Waals surface area (Å²) in [5, 5.41) is 18.6. The van der Waals surface area contributed by atoms with Gasteiger partial charge in [0.2, 0.25) is 10.0 Å². The van der Waals surface area contributed by atoms with Crippen molar-refractivity contribution in [3.8, 4) is 0 Å². The fraction of sp³-hybridized carbons (Fsp3) is 0.417. The predicted octanol–water partition coefficient (Wildman–Crippen LogP) is 0.637. The molecule has 0 aromatic heterocycles. The molecular formula is C12H16ClNO5S. The summed E-state index contributed by atoms with van der Waals surface area (Å²) in [5.41, 5.74) is -1.38. The highest BCUT2D eigenvalue weighted by Crippen LogP contribution is 2.11. The molecular weight excluding hydrogens is 306 g/mol. The molecule has 1 rings (SSSR count). The number of benzene rings is 1. The van der Waals surface area contributed by atoms with Crippen LogP contribution in [-0.2, 0) is 21.2 Å². The normalized spacial score (nSPS) is 14.8. The Labute approximate surface area is 122 Å². The van der Waals surface area contributed by atoms with Gasteiger partial charge < -0.3 is 10.2 Å². The maximum atomic E-state index is 11.7. The highest BCUT2D eigenvalue weighted by atomic mass is 35.5. The molecule has 0 radical (unpaired) electrons. The van der Waals surface area contributed by atoms with Gasteiger partial charge in [-0.2, -0.15) is 0 Å². The fourth-order valence-electron chi connectivity index (χ4n) is 1.34. The number of carboxylic acid groups (broad SMARTS) is 1. The summed E-state index contributed by atoms with van der Waals surface area (Å²) in [7, 11) is -3.68. The van der Waals surface area contributed by atoms with Crippen LogP contribution >= 0.6 is 11.6 Å². The number of hydrogen-bond donors (Lipinski definition) is 3. The van der Waals surface area contributed by atoms with Crippen molar-refractivity contribution < 1.29 is 23.4 Å². The number of halogens is 1. The lowest BCUT2D eigenvalue weighted by molar-refractivity contribution is -0.155. The number of carbonyl (C=O) groups is 1. The molecule has 8 heteroatoms.